The second-order valence-corrected chi connectivity index (χ2v) is 3.92. The van der Waals surface area contributed by atoms with Gasteiger partial charge in [-0.1, -0.05) is 0 Å². The third kappa shape index (κ3) is 2.53. The minimum absolute atomic E-state index is 0.0992. The van der Waals surface area contributed by atoms with Crippen LogP contribution in [0.2, 0.25) is 0 Å². The lowest BCUT2D eigenvalue weighted by Gasteiger charge is -2.15. The second kappa shape index (κ2) is 5.38. The summed E-state index contributed by atoms with van der Waals surface area (Å²) < 4.78 is 10.1. The van der Waals surface area contributed by atoms with E-state index in [1.165, 1.54) is 20.3 Å². The predicted octanol–water partition coefficient (Wildman–Crippen LogP) is 2.77. The maximum absolute atomic E-state index is 11.3. The Morgan fingerprint density at radius 2 is 1.59 bits per heavy atom. The van der Waals surface area contributed by atoms with E-state index in [1.54, 1.807) is 6.92 Å². The van der Waals surface area contributed by atoms with Crippen molar-refractivity contribution in [1.29, 1.82) is 0 Å². The molecule has 0 aliphatic rings. The molecule has 0 atom stereocenters. The summed E-state index contributed by atoms with van der Waals surface area (Å²) in [6.07, 6.45) is 0. The normalized spacial score (nSPS) is 9.94. The molecule has 0 heterocycles. The maximum atomic E-state index is 11.3. The summed E-state index contributed by atoms with van der Waals surface area (Å²) in [5.41, 5.74) is 0.782. The molecule has 0 saturated carbocycles. The minimum Gasteiger partial charge on any atom is -0.492 e. The molecule has 0 aliphatic carbocycles. The zero-order chi connectivity index (χ0) is 13.2. The number of rotatable bonds is 4. The first-order valence-corrected chi connectivity index (χ1v) is 5.34. The van der Waals surface area contributed by atoms with Crippen molar-refractivity contribution in [2.24, 2.45) is 0 Å². The van der Waals surface area contributed by atoms with Crippen molar-refractivity contribution in [1.82, 2.24) is 0 Å². The Kier molecular flexibility index (Phi) is 4.37. The van der Waals surface area contributed by atoms with E-state index in [-0.39, 0.29) is 22.6 Å². The summed E-state index contributed by atoms with van der Waals surface area (Å²) in [5, 5.41) is -1.39. The highest BCUT2D eigenvalue weighted by Crippen LogP contribution is 2.38. The van der Waals surface area contributed by atoms with Crippen LogP contribution < -0.4 is 9.47 Å². The second-order valence-electron chi connectivity index (χ2n) is 3.23. The summed E-state index contributed by atoms with van der Waals surface area (Å²) in [6, 6.07) is 1.44. The molecule has 0 N–H and O–H groups in total. The van der Waals surface area contributed by atoms with Crippen molar-refractivity contribution in [2.45, 2.75) is 6.92 Å². The largest absolute Gasteiger partial charge is 0.492 e. The number of ether oxygens (including phenoxy) is 2. The number of hydrogen-bond acceptors (Lipinski definition) is 4. The summed E-state index contributed by atoms with van der Waals surface area (Å²) in [5.74, 6) is 0.207. The highest BCUT2D eigenvalue weighted by molar-refractivity contribution is 6.69. The zero-order valence-electron chi connectivity index (χ0n) is 9.47. The van der Waals surface area contributed by atoms with Crippen LogP contribution >= 0.6 is 23.2 Å². The van der Waals surface area contributed by atoms with E-state index < -0.39 is 10.5 Å². The Hall–Kier alpha value is -1.26. The predicted molar refractivity (Wildman–Crippen MR) is 64.7 cm³/mol. The highest BCUT2D eigenvalue weighted by atomic mass is 35.5. The van der Waals surface area contributed by atoms with Gasteiger partial charge in [0, 0.05) is 0 Å². The van der Waals surface area contributed by atoms with E-state index in [9.17, 15) is 9.59 Å². The van der Waals surface area contributed by atoms with Crippen LogP contribution in [0.3, 0.4) is 0 Å². The summed E-state index contributed by atoms with van der Waals surface area (Å²) in [7, 11) is 2.70. The van der Waals surface area contributed by atoms with Crippen molar-refractivity contribution >= 4 is 33.7 Å². The quantitative estimate of drug-likeness (QED) is 0.794. The molecular weight excluding hydrogens is 267 g/mol. The van der Waals surface area contributed by atoms with E-state index in [0.717, 1.165) is 0 Å². The number of halogens is 2. The lowest BCUT2D eigenvalue weighted by atomic mass is 10.0. The van der Waals surface area contributed by atoms with Gasteiger partial charge in [-0.15, -0.1) is 0 Å². The molecule has 0 bridgehead atoms. The SMILES string of the molecule is COc1c(C(=O)Cl)cc(C)c(C(=O)Cl)c1OC. The van der Waals surface area contributed by atoms with E-state index in [0.29, 0.717) is 5.56 Å². The summed E-state index contributed by atoms with van der Waals surface area (Å²) >= 11 is 10.9. The van der Waals surface area contributed by atoms with Crippen LogP contribution in [-0.2, 0) is 0 Å². The molecule has 1 aromatic rings. The Bertz CT molecular complexity index is 483. The Balaban J connectivity index is 3.68. The Morgan fingerprint density at radius 1 is 1.06 bits per heavy atom. The van der Waals surface area contributed by atoms with E-state index >= 15 is 0 Å². The third-order valence-corrected chi connectivity index (χ3v) is 2.64. The molecule has 1 rings (SSSR count). The van der Waals surface area contributed by atoms with Crippen LogP contribution in [0.15, 0.2) is 6.07 Å². The van der Waals surface area contributed by atoms with E-state index in [4.69, 9.17) is 32.7 Å². The fourth-order valence-electron chi connectivity index (χ4n) is 1.56. The van der Waals surface area contributed by atoms with Gasteiger partial charge in [-0.05, 0) is 41.8 Å². The van der Waals surface area contributed by atoms with Crippen molar-refractivity contribution in [2.75, 3.05) is 14.2 Å². The molecule has 0 unspecified atom stereocenters. The topological polar surface area (TPSA) is 52.6 Å². The lowest BCUT2D eigenvalue weighted by Crippen LogP contribution is -2.06. The summed E-state index contributed by atoms with van der Waals surface area (Å²) in [4.78, 5) is 22.5. The molecule has 0 saturated heterocycles. The van der Waals surface area contributed by atoms with Gasteiger partial charge in [0.1, 0.15) is 0 Å². The van der Waals surface area contributed by atoms with Crippen LogP contribution in [0.1, 0.15) is 26.3 Å². The molecule has 1 aromatic carbocycles. The Morgan fingerprint density at radius 3 is 1.94 bits per heavy atom. The number of methoxy groups -OCH3 is 2. The standard InChI is InChI=1S/C11H10Cl2O4/c1-5-4-6(10(12)14)8(16-2)9(17-3)7(5)11(13)15/h4H,1-3H3. The van der Waals surface area contributed by atoms with Crippen LogP contribution in [0.4, 0.5) is 0 Å². The van der Waals surface area contributed by atoms with Gasteiger partial charge in [-0.3, -0.25) is 9.59 Å². The monoisotopic (exact) mass is 276 g/mol. The fourth-order valence-corrected chi connectivity index (χ4v) is 1.93. The first kappa shape index (κ1) is 13.8. The number of aryl methyl sites for hydroxylation is 1. The highest BCUT2D eigenvalue weighted by Gasteiger charge is 2.24. The molecule has 0 radical (unpaired) electrons. The fraction of sp³-hybridized carbons (Fsp3) is 0.273. The third-order valence-electron chi connectivity index (χ3n) is 2.25. The first-order chi connectivity index (χ1) is 7.93. The van der Waals surface area contributed by atoms with Gasteiger partial charge >= 0.3 is 0 Å². The van der Waals surface area contributed by atoms with Crippen molar-refractivity contribution < 1.29 is 19.1 Å². The van der Waals surface area contributed by atoms with E-state index in [1.807, 2.05) is 0 Å². The van der Waals surface area contributed by atoms with Gasteiger partial charge < -0.3 is 9.47 Å². The van der Waals surface area contributed by atoms with Crippen LogP contribution in [0.5, 0.6) is 11.5 Å². The van der Waals surface area contributed by atoms with E-state index in [2.05, 4.69) is 0 Å². The van der Waals surface area contributed by atoms with Crippen LogP contribution in [0.25, 0.3) is 0 Å². The van der Waals surface area contributed by atoms with Gasteiger partial charge in [-0.2, -0.15) is 0 Å². The van der Waals surface area contributed by atoms with Crippen molar-refractivity contribution in [3.05, 3.63) is 22.8 Å². The van der Waals surface area contributed by atoms with Crippen LogP contribution in [-0.4, -0.2) is 24.7 Å². The number of benzene rings is 1. The molecule has 92 valence electrons. The molecule has 0 fully saturated rings. The van der Waals surface area contributed by atoms with Gasteiger partial charge in [0.15, 0.2) is 11.5 Å². The Labute approximate surface area is 108 Å². The van der Waals surface area contributed by atoms with Crippen molar-refractivity contribution in [3.63, 3.8) is 0 Å². The lowest BCUT2D eigenvalue weighted by molar-refractivity contribution is 0.106. The van der Waals surface area contributed by atoms with Gasteiger partial charge in [0.05, 0.1) is 25.3 Å². The number of carbonyl (C=O) groups excluding carboxylic acids is 2. The summed E-state index contributed by atoms with van der Waals surface area (Å²) in [6.45, 7) is 1.63. The molecule has 0 spiro atoms. The molecule has 0 amide bonds. The zero-order valence-corrected chi connectivity index (χ0v) is 11.0. The molecular formula is C11H10Cl2O4. The van der Waals surface area contributed by atoms with Crippen molar-refractivity contribution in [3.8, 4) is 11.5 Å². The molecule has 0 aliphatic heterocycles. The van der Waals surface area contributed by atoms with Gasteiger partial charge in [0.25, 0.3) is 10.5 Å². The maximum Gasteiger partial charge on any atom is 0.256 e. The molecule has 4 nitrogen and oxygen atoms in total. The van der Waals surface area contributed by atoms with Crippen LogP contribution in [0, 0.1) is 6.92 Å². The molecule has 0 aromatic heterocycles. The number of carbonyl (C=O) groups is 2. The molecule has 17 heavy (non-hydrogen) atoms. The molecule has 6 heteroatoms. The van der Waals surface area contributed by atoms with Gasteiger partial charge in [0.2, 0.25) is 0 Å². The minimum atomic E-state index is -0.697. The number of hydrogen-bond donors (Lipinski definition) is 0. The average Bonchev–Trinajstić information content (AvgIpc) is 2.26. The average molecular weight is 277 g/mol. The smallest absolute Gasteiger partial charge is 0.256 e. The first-order valence-electron chi connectivity index (χ1n) is 4.59. The van der Waals surface area contributed by atoms with Gasteiger partial charge in [-0.25, -0.2) is 0 Å².